The van der Waals surface area contributed by atoms with E-state index in [9.17, 15) is 13.2 Å². The third-order valence-corrected chi connectivity index (χ3v) is 3.20. The first-order valence-electron chi connectivity index (χ1n) is 6.73. The first kappa shape index (κ1) is 17.6. The van der Waals surface area contributed by atoms with Gasteiger partial charge in [-0.3, -0.25) is 0 Å². The minimum absolute atomic E-state index is 0.0280. The van der Waals surface area contributed by atoms with Gasteiger partial charge in [0.1, 0.15) is 23.8 Å². The summed E-state index contributed by atoms with van der Waals surface area (Å²) in [5.41, 5.74) is -0.734. The lowest BCUT2D eigenvalue weighted by molar-refractivity contribution is -0.137. The van der Waals surface area contributed by atoms with Gasteiger partial charge >= 0.3 is 6.18 Å². The molecule has 8 heteroatoms. The van der Waals surface area contributed by atoms with E-state index < -0.39 is 11.7 Å². The van der Waals surface area contributed by atoms with Gasteiger partial charge in [0, 0.05) is 18.5 Å². The smallest absolute Gasteiger partial charge is 0.368 e. The minimum Gasteiger partial charge on any atom is -0.368 e. The van der Waals surface area contributed by atoms with Crippen LogP contribution in [-0.4, -0.2) is 16.5 Å². The third kappa shape index (κ3) is 4.37. The highest BCUT2D eigenvalue weighted by molar-refractivity contribution is 6.30. The molecule has 0 saturated heterocycles. The number of hydrogen-bond acceptors (Lipinski definition) is 4. The van der Waals surface area contributed by atoms with Gasteiger partial charge in [0.25, 0.3) is 0 Å². The van der Waals surface area contributed by atoms with Crippen molar-refractivity contribution >= 4 is 17.4 Å². The van der Waals surface area contributed by atoms with Crippen LogP contribution in [0.25, 0.3) is 0 Å². The van der Waals surface area contributed by atoms with E-state index >= 15 is 0 Å². The summed E-state index contributed by atoms with van der Waals surface area (Å²) in [5.74, 6) is 5.44. The number of nitrogens with zero attached hydrogens (tertiary/aromatic N) is 3. The predicted molar refractivity (Wildman–Crippen MR) is 83.2 cm³/mol. The van der Waals surface area contributed by atoms with Crippen molar-refractivity contribution < 1.29 is 13.2 Å². The van der Waals surface area contributed by atoms with Crippen molar-refractivity contribution in [3.8, 4) is 17.9 Å². The third-order valence-electron chi connectivity index (χ3n) is 2.91. The Bertz CT molecular complexity index is 832. The Hall–Kier alpha value is -2.77. The van der Waals surface area contributed by atoms with E-state index in [-0.39, 0.29) is 28.5 Å². The van der Waals surface area contributed by atoms with E-state index in [1.165, 1.54) is 24.5 Å². The summed E-state index contributed by atoms with van der Waals surface area (Å²) >= 11 is 5.76. The minimum atomic E-state index is -4.44. The fraction of sp³-hybridized carbons (Fsp3) is 0.188. The summed E-state index contributed by atoms with van der Waals surface area (Å²) in [6.45, 7) is 0.295. The number of nitrogens with one attached hydrogen (secondary N) is 1. The average Bonchev–Trinajstić information content (AvgIpc) is 2.54. The maximum atomic E-state index is 12.8. The summed E-state index contributed by atoms with van der Waals surface area (Å²) in [5, 5.41) is 11.8. The molecule has 0 bridgehead atoms. The normalized spacial score (nSPS) is 10.5. The monoisotopic (exact) mass is 350 g/mol. The van der Waals surface area contributed by atoms with E-state index in [2.05, 4.69) is 27.1 Å². The quantitative estimate of drug-likeness (QED) is 0.518. The van der Waals surface area contributed by atoms with Crippen molar-refractivity contribution in [3.63, 3.8) is 0 Å². The molecule has 1 aromatic carbocycles. The van der Waals surface area contributed by atoms with Gasteiger partial charge in [0.2, 0.25) is 0 Å². The van der Waals surface area contributed by atoms with E-state index in [1.54, 1.807) is 0 Å². The second-order valence-corrected chi connectivity index (χ2v) is 4.88. The van der Waals surface area contributed by atoms with Crippen LogP contribution in [0.2, 0.25) is 5.15 Å². The van der Waals surface area contributed by atoms with Gasteiger partial charge in [-0.25, -0.2) is 9.97 Å². The molecular formula is C16H10ClF3N4. The molecule has 0 aliphatic rings. The molecule has 0 fully saturated rings. The van der Waals surface area contributed by atoms with Crippen molar-refractivity contribution in [1.29, 1.82) is 5.26 Å². The zero-order valence-corrected chi connectivity index (χ0v) is 12.9. The highest BCUT2D eigenvalue weighted by Gasteiger charge is 2.32. The average molecular weight is 351 g/mol. The van der Waals surface area contributed by atoms with Crippen LogP contribution < -0.4 is 5.32 Å². The summed E-state index contributed by atoms with van der Waals surface area (Å²) in [6, 6.07) is 7.00. The first-order chi connectivity index (χ1) is 11.4. The second kappa shape index (κ2) is 7.67. The molecular weight excluding hydrogens is 341 g/mol. The van der Waals surface area contributed by atoms with Crippen molar-refractivity contribution in [3.05, 3.63) is 52.4 Å². The van der Waals surface area contributed by atoms with Crippen LogP contribution in [0.5, 0.6) is 0 Å². The SMILES string of the molecule is N#Cc1c(Cl)ncnc1NCCC#Cc1ccccc1C(F)(F)F. The van der Waals surface area contributed by atoms with E-state index in [0.717, 1.165) is 6.07 Å². The van der Waals surface area contributed by atoms with Gasteiger partial charge in [-0.15, -0.1) is 0 Å². The molecule has 0 spiro atoms. The van der Waals surface area contributed by atoms with Crippen LogP contribution in [0.15, 0.2) is 30.6 Å². The Labute approximate surface area is 141 Å². The Morgan fingerprint density at radius 2 is 1.96 bits per heavy atom. The Balaban J connectivity index is 2.02. The highest BCUT2D eigenvalue weighted by atomic mass is 35.5. The molecule has 0 radical (unpaired) electrons. The number of benzene rings is 1. The van der Waals surface area contributed by atoms with Crippen LogP contribution in [0.3, 0.4) is 0 Å². The van der Waals surface area contributed by atoms with Crippen molar-refractivity contribution in [2.24, 2.45) is 0 Å². The number of rotatable bonds is 3. The fourth-order valence-corrected chi connectivity index (χ4v) is 2.01. The first-order valence-corrected chi connectivity index (χ1v) is 7.11. The molecule has 0 saturated carbocycles. The van der Waals surface area contributed by atoms with Crippen LogP contribution >= 0.6 is 11.6 Å². The zero-order valence-electron chi connectivity index (χ0n) is 12.2. The van der Waals surface area contributed by atoms with Crippen molar-refractivity contribution in [2.75, 3.05) is 11.9 Å². The number of nitriles is 1. The lowest BCUT2D eigenvalue weighted by atomic mass is 10.1. The van der Waals surface area contributed by atoms with Crippen LogP contribution in [0.4, 0.5) is 19.0 Å². The van der Waals surface area contributed by atoms with Gasteiger partial charge in [0.05, 0.1) is 5.56 Å². The summed E-state index contributed by atoms with van der Waals surface area (Å²) in [4.78, 5) is 7.57. The predicted octanol–water partition coefficient (Wildman–Crippen LogP) is 3.87. The number of halogens is 4. The number of anilines is 1. The summed E-state index contributed by atoms with van der Waals surface area (Å²) < 4.78 is 38.5. The van der Waals surface area contributed by atoms with Gasteiger partial charge in [-0.1, -0.05) is 35.6 Å². The largest absolute Gasteiger partial charge is 0.417 e. The van der Waals surface area contributed by atoms with Gasteiger partial charge in [-0.05, 0) is 12.1 Å². The molecule has 24 heavy (non-hydrogen) atoms. The molecule has 0 amide bonds. The highest BCUT2D eigenvalue weighted by Crippen LogP contribution is 2.31. The number of hydrogen-bond donors (Lipinski definition) is 1. The Morgan fingerprint density at radius 3 is 2.67 bits per heavy atom. The molecule has 2 aromatic rings. The number of aromatic nitrogens is 2. The van der Waals surface area contributed by atoms with Gasteiger partial charge in [0.15, 0.2) is 5.15 Å². The van der Waals surface area contributed by atoms with E-state index in [0.29, 0.717) is 6.54 Å². The van der Waals surface area contributed by atoms with Crippen molar-refractivity contribution in [1.82, 2.24) is 9.97 Å². The van der Waals surface area contributed by atoms with Gasteiger partial charge in [-0.2, -0.15) is 18.4 Å². The maximum absolute atomic E-state index is 12.8. The molecule has 2 rings (SSSR count). The van der Waals surface area contributed by atoms with E-state index in [4.69, 9.17) is 16.9 Å². The molecule has 0 unspecified atom stereocenters. The Kier molecular flexibility index (Phi) is 5.62. The lowest BCUT2D eigenvalue weighted by Crippen LogP contribution is -2.07. The number of alkyl halides is 3. The summed E-state index contributed by atoms with van der Waals surface area (Å²) in [6.07, 6.45) is -2.97. The molecule has 1 N–H and O–H groups in total. The molecule has 1 aromatic heterocycles. The molecule has 122 valence electrons. The van der Waals surface area contributed by atoms with Crippen LogP contribution in [0, 0.1) is 23.2 Å². The zero-order chi connectivity index (χ0) is 17.6. The topological polar surface area (TPSA) is 61.6 Å². The standard InChI is InChI=1S/C16H10ClF3N4/c17-14-12(9-21)15(24-10-23-14)22-8-4-3-6-11-5-1-2-7-13(11)16(18,19)20/h1-2,5,7,10H,4,8H2,(H,22,23,24). The molecule has 0 aliphatic heterocycles. The van der Waals surface area contributed by atoms with E-state index in [1.807, 2.05) is 6.07 Å². The van der Waals surface area contributed by atoms with Crippen LogP contribution in [0.1, 0.15) is 23.1 Å². The molecule has 0 atom stereocenters. The molecule has 1 heterocycles. The van der Waals surface area contributed by atoms with Gasteiger partial charge < -0.3 is 5.32 Å². The van der Waals surface area contributed by atoms with Crippen molar-refractivity contribution in [2.45, 2.75) is 12.6 Å². The molecule has 0 aliphatic carbocycles. The Morgan fingerprint density at radius 1 is 1.21 bits per heavy atom. The summed E-state index contributed by atoms with van der Waals surface area (Å²) in [7, 11) is 0. The second-order valence-electron chi connectivity index (χ2n) is 4.52. The fourth-order valence-electron chi connectivity index (χ4n) is 1.84. The molecule has 4 nitrogen and oxygen atoms in total. The maximum Gasteiger partial charge on any atom is 0.417 e. The van der Waals surface area contributed by atoms with Crippen LogP contribution in [-0.2, 0) is 6.18 Å². The lowest BCUT2D eigenvalue weighted by Gasteiger charge is -2.08.